The van der Waals surface area contributed by atoms with E-state index in [9.17, 15) is 4.79 Å². The number of ether oxygens (including phenoxy) is 1. The fourth-order valence-electron chi connectivity index (χ4n) is 3.82. The summed E-state index contributed by atoms with van der Waals surface area (Å²) in [5, 5.41) is 0. The molecule has 152 valence electrons. The molecule has 0 spiro atoms. The summed E-state index contributed by atoms with van der Waals surface area (Å²) >= 11 is 0. The fraction of sp³-hybridized carbons (Fsp3) is 0.200. The largest absolute Gasteiger partial charge is 0.497 e. The Hall–Kier alpha value is -3.44. The van der Waals surface area contributed by atoms with Gasteiger partial charge in [-0.25, -0.2) is 4.99 Å². The number of para-hydroxylation sites is 1. The standard InChI is InChI=1S/C25H25N3O2/c1-17(2)28-22-12-8-7-11-21(22)23(18-13-15-20(30-3)16-14-18)27-25(26,24(28)29)19-9-5-4-6-10-19/h4-17H,26H2,1-3H3. The quantitative estimate of drug-likeness (QED) is 0.718. The summed E-state index contributed by atoms with van der Waals surface area (Å²) in [4.78, 5) is 20.5. The van der Waals surface area contributed by atoms with E-state index in [1.807, 2.05) is 92.7 Å². The third kappa shape index (κ3) is 3.27. The summed E-state index contributed by atoms with van der Waals surface area (Å²) < 4.78 is 5.30. The van der Waals surface area contributed by atoms with Crippen molar-refractivity contribution in [1.29, 1.82) is 0 Å². The van der Waals surface area contributed by atoms with Crippen molar-refractivity contribution in [2.24, 2.45) is 10.7 Å². The molecule has 1 unspecified atom stereocenters. The Kier molecular flexibility index (Phi) is 5.14. The lowest BCUT2D eigenvalue weighted by Crippen LogP contribution is -2.53. The number of amides is 1. The molecule has 0 radical (unpaired) electrons. The van der Waals surface area contributed by atoms with Crippen LogP contribution in [0.15, 0.2) is 83.9 Å². The van der Waals surface area contributed by atoms with E-state index >= 15 is 0 Å². The maximum absolute atomic E-state index is 13.8. The van der Waals surface area contributed by atoms with Crippen molar-refractivity contribution in [3.8, 4) is 5.75 Å². The molecular formula is C25H25N3O2. The first-order valence-corrected chi connectivity index (χ1v) is 9.97. The van der Waals surface area contributed by atoms with Crippen LogP contribution < -0.4 is 15.4 Å². The topological polar surface area (TPSA) is 67.9 Å². The zero-order valence-corrected chi connectivity index (χ0v) is 17.4. The maximum Gasteiger partial charge on any atom is 0.274 e. The number of rotatable bonds is 4. The molecule has 2 N–H and O–H groups in total. The minimum absolute atomic E-state index is 0.0873. The van der Waals surface area contributed by atoms with E-state index in [1.165, 1.54) is 0 Å². The highest BCUT2D eigenvalue weighted by molar-refractivity contribution is 6.21. The molecule has 0 saturated carbocycles. The molecule has 5 nitrogen and oxygen atoms in total. The molecule has 30 heavy (non-hydrogen) atoms. The van der Waals surface area contributed by atoms with Gasteiger partial charge in [0, 0.05) is 22.7 Å². The first-order chi connectivity index (χ1) is 14.5. The SMILES string of the molecule is COc1ccc(C2=NC(N)(c3ccccc3)C(=O)N(C(C)C)c3ccccc32)cc1. The Morgan fingerprint density at radius 3 is 2.20 bits per heavy atom. The van der Waals surface area contributed by atoms with E-state index in [4.69, 9.17) is 15.5 Å². The highest BCUT2D eigenvalue weighted by Crippen LogP contribution is 2.36. The van der Waals surface area contributed by atoms with Gasteiger partial charge in [0.15, 0.2) is 0 Å². The highest BCUT2D eigenvalue weighted by atomic mass is 16.5. The van der Waals surface area contributed by atoms with Gasteiger partial charge in [-0.05, 0) is 44.2 Å². The summed E-state index contributed by atoms with van der Waals surface area (Å²) in [5.74, 6) is 0.503. The average molecular weight is 399 g/mol. The van der Waals surface area contributed by atoms with Crippen LogP contribution in [0.2, 0.25) is 0 Å². The summed E-state index contributed by atoms with van der Waals surface area (Å²) in [7, 11) is 1.63. The van der Waals surface area contributed by atoms with E-state index in [0.29, 0.717) is 11.3 Å². The predicted molar refractivity (Wildman–Crippen MR) is 120 cm³/mol. The van der Waals surface area contributed by atoms with Gasteiger partial charge in [-0.2, -0.15) is 0 Å². The van der Waals surface area contributed by atoms with Gasteiger partial charge in [-0.1, -0.05) is 48.5 Å². The number of benzodiazepines with no additional fused rings is 1. The van der Waals surface area contributed by atoms with Crippen molar-refractivity contribution in [3.63, 3.8) is 0 Å². The molecule has 3 aromatic rings. The number of hydrogen-bond acceptors (Lipinski definition) is 4. The molecule has 4 rings (SSSR count). The second-order valence-corrected chi connectivity index (χ2v) is 7.61. The van der Waals surface area contributed by atoms with Crippen LogP contribution in [0.4, 0.5) is 5.69 Å². The second-order valence-electron chi connectivity index (χ2n) is 7.61. The number of carbonyl (C=O) groups is 1. The molecule has 0 saturated heterocycles. The van der Waals surface area contributed by atoms with E-state index in [1.54, 1.807) is 12.0 Å². The molecule has 0 fully saturated rings. The molecule has 1 amide bonds. The summed E-state index contributed by atoms with van der Waals surface area (Å²) in [6, 6.07) is 24.7. The van der Waals surface area contributed by atoms with Crippen LogP contribution >= 0.6 is 0 Å². The van der Waals surface area contributed by atoms with Crippen molar-refractivity contribution in [3.05, 3.63) is 95.6 Å². The average Bonchev–Trinajstić information content (AvgIpc) is 2.88. The van der Waals surface area contributed by atoms with Gasteiger partial charge in [0.1, 0.15) is 5.75 Å². The Balaban J connectivity index is 2.02. The molecular weight excluding hydrogens is 374 g/mol. The lowest BCUT2D eigenvalue weighted by atomic mass is 9.98. The second kappa shape index (κ2) is 7.76. The number of fused-ring (bicyclic) bond motifs is 1. The van der Waals surface area contributed by atoms with E-state index < -0.39 is 5.66 Å². The van der Waals surface area contributed by atoms with Crippen molar-refractivity contribution in [2.75, 3.05) is 12.0 Å². The number of nitrogens with zero attached hydrogens (tertiary/aromatic N) is 2. The molecule has 0 aliphatic carbocycles. The van der Waals surface area contributed by atoms with Crippen LogP contribution in [0.5, 0.6) is 5.75 Å². The fourth-order valence-corrected chi connectivity index (χ4v) is 3.82. The lowest BCUT2D eigenvalue weighted by molar-refractivity contribution is -0.124. The molecule has 1 aliphatic rings. The van der Waals surface area contributed by atoms with Crippen LogP contribution in [0.1, 0.15) is 30.5 Å². The Bertz CT molecular complexity index is 1090. The number of hydrogen-bond donors (Lipinski definition) is 1. The normalized spacial score (nSPS) is 18.6. The minimum atomic E-state index is -1.54. The maximum atomic E-state index is 13.8. The number of methoxy groups -OCH3 is 1. The zero-order chi connectivity index (χ0) is 21.3. The number of benzene rings is 3. The smallest absolute Gasteiger partial charge is 0.274 e. The molecule has 1 aliphatic heterocycles. The van der Waals surface area contributed by atoms with Gasteiger partial charge in [-0.15, -0.1) is 0 Å². The molecule has 0 aromatic heterocycles. The van der Waals surface area contributed by atoms with Crippen LogP contribution in [0.3, 0.4) is 0 Å². The van der Waals surface area contributed by atoms with Crippen LogP contribution in [0, 0.1) is 0 Å². The van der Waals surface area contributed by atoms with Crippen LogP contribution in [0.25, 0.3) is 0 Å². The van der Waals surface area contributed by atoms with E-state index in [2.05, 4.69) is 0 Å². The van der Waals surface area contributed by atoms with Gasteiger partial charge < -0.3 is 9.64 Å². The van der Waals surface area contributed by atoms with Gasteiger partial charge in [0.25, 0.3) is 5.91 Å². The van der Waals surface area contributed by atoms with Gasteiger partial charge in [0.05, 0.1) is 18.5 Å². The van der Waals surface area contributed by atoms with Crippen molar-refractivity contribution in [1.82, 2.24) is 0 Å². The number of aliphatic imine (C=N–C) groups is 1. The number of carbonyl (C=O) groups excluding carboxylic acids is 1. The molecule has 0 bridgehead atoms. The minimum Gasteiger partial charge on any atom is -0.497 e. The van der Waals surface area contributed by atoms with Crippen molar-refractivity contribution < 1.29 is 9.53 Å². The lowest BCUT2D eigenvalue weighted by Gasteiger charge is -2.33. The van der Waals surface area contributed by atoms with Crippen molar-refractivity contribution >= 4 is 17.3 Å². The molecule has 3 aromatic carbocycles. The monoisotopic (exact) mass is 399 g/mol. The van der Waals surface area contributed by atoms with Gasteiger partial charge in [-0.3, -0.25) is 10.5 Å². The Morgan fingerprint density at radius 2 is 1.57 bits per heavy atom. The molecule has 5 heteroatoms. The summed E-state index contributed by atoms with van der Waals surface area (Å²) in [6.45, 7) is 3.97. The number of nitrogens with two attached hydrogens (primary N) is 1. The van der Waals surface area contributed by atoms with E-state index in [0.717, 1.165) is 22.6 Å². The van der Waals surface area contributed by atoms with Crippen molar-refractivity contribution in [2.45, 2.75) is 25.6 Å². The Labute approximate surface area is 176 Å². The highest BCUT2D eigenvalue weighted by Gasteiger charge is 2.44. The first-order valence-electron chi connectivity index (χ1n) is 9.97. The van der Waals surface area contributed by atoms with Gasteiger partial charge in [0.2, 0.25) is 5.66 Å². The number of anilines is 1. The third-order valence-corrected chi connectivity index (χ3v) is 5.35. The third-order valence-electron chi connectivity index (χ3n) is 5.35. The predicted octanol–water partition coefficient (Wildman–Crippen LogP) is 4.10. The summed E-state index contributed by atoms with van der Waals surface area (Å²) in [6.07, 6.45) is 0. The summed E-state index contributed by atoms with van der Waals surface area (Å²) in [5.41, 5.74) is 9.14. The van der Waals surface area contributed by atoms with E-state index in [-0.39, 0.29) is 11.9 Å². The first kappa shape index (κ1) is 19.9. The van der Waals surface area contributed by atoms with Crippen LogP contribution in [-0.2, 0) is 10.5 Å². The molecule has 1 atom stereocenters. The molecule has 1 heterocycles. The Morgan fingerprint density at radius 1 is 0.933 bits per heavy atom. The van der Waals surface area contributed by atoms with Gasteiger partial charge >= 0.3 is 0 Å². The van der Waals surface area contributed by atoms with Crippen LogP contribution in [-0.4, -0.2) is 24.8 Å². The zero-order valence-electron chi connectivity index (χ0n) is 17.4.